The van der Waals surface area contributed by atoms with E-state index in [9.17, 15) is 9.59 Å². The van der Waals surface area contributed by atoms with Crippen molar-refractivity contribution in [1.82, 2.24) is 20.0 Å². The van der Waals surface area contributed by atoms with E-state index in [0.29, 0.717) is 41.9 Å². The summed E-state index contributed by atoms with van der Waals surface area (Å²) in [5.74, 6) is 2.04. The molecule has 2 aliphatic rings. The monoisotopic (exact) mass is 563 g/mol. The van der Waals surface area contributed by atoms with Crippen molar-refractivity contribution in [2.75, 3.05) is 64.9 Å². The van der Waals surface area contributed by atoms with Gasteiger partial charge in [0, 0.05) is 10.9 Å². The SMILES string of the molecule is CCN(CC)CC.COc1ccc2cnnc(OCC3CCN(CC(=O)c4ccc5c(c4)NC(=O)CO5)CC3)c2c1. The molecule has 2 aliphatic heterocycles. The van der Waals surface area contributed by atoms with Crippen molar-refractivity contribution < 1.29 is 23.8 Å². The Labute approximate surface area is 242 Å². The zero-order valence-electron chi connectivity index (χ0n) is 24.5. The third kappa shape index (κ3) is 8.14. The van der Waals surface area contributed by atoms with E-state index in [1.165, 1.54) is 19.6 Å². The average molecular weight is 564 g/mol. The largest absolute Gasteiger partial charge is 0.497 e. The quantitative estimate of drug-likeness (QED) is 0.362. The molecule has 3 heterocycles. The third-order valence-corrected chi connectivity index (χ3v) is 7.64. The number of fused-ring (bicyclic) bond motifs is 2. The molecule has 10 nitrogen and oxygen atoms in total. The lowest BCUT2D eigenvalue weighted by Gasteiger charge is -2.31. The number of Topliss-reactive ketones (excluding diaryl/α,β-unsaturated/α-hetero) is 1. The molecule has 5 rings (SSSR count). The van der Waals surface area contributed by atoms with Crippen LogP contribution < -0.4 is 19.5 Å². The van der Waals surface area contributed by atoms with Gasteiger partial charge in [0.1, 0.15) is 11.5 Å². The topological polar surface area (TPSA) is 106 Å². The van der Waals surface area contributed by atoms with E-state index in [1.807, 2.05) is 18.2 Å². The van der Waals surface area contributed by atoms with Gasteiger partial charge in [-0.1, -0.05) is 20.8 Å². The second-order valence-electron chi connectivity index (χ2n) is 10.2. The molecular formula is C31H41N5O5. The van der Waals surface area contributed by atoms with Crippen LogP contribution in [0.15, 0.2) is 42.6 Å². The highest BCUT2D eigenvalue weighted by Crippen LogP contribution is 2.30. The number of methoxy groups -OCH3 is 1. The fourth-order valence-corrected chi connectivity index (χ4v) is 4.99. The summed E-state index contributed by atoms with van der Waals surface area (Å²) in [7, 11) is 1.63. The van der Waals surface area contributed by atoms with Crippen LogP contribution in [0.1, 0.15) is 44.0 Å². The maximum atomic E-state index is 12.8. The van der Waals surface area contributed by atoms with Gasteiger partial charge in [-0.25, -0.2) is 0 Å². The van der Waals surface area contributed by atoms with Gasteiger partial charge >= 0.3 is 0 Å². The Balaban J connectivity index is 0.000000493. The Bertz CT molecular complexity index is 1320. The molecular weight excluding hydrogens is 522 g/mol. The molecule has 0 saturated carbocycles. The number of aromatic nitrogens is 2. The van der Waals surface area contributed by atoms with Gasteiger partial charge in [0.2, 0.25) is 5.88 Å². The van der Waals surface area contributed by atoms with Gasteiger partial charge in [0.25, 0.3) is 5.91 Å². The highest BCUT2D eigenvalue weighted by molar-refractivity contribution is 6.01. The number of nitrogens with one attached hydrogen (secondary N) is 1. The second-order valence-corrected chi connectivity index (χ2v) is 10.2. The summed E-state index contributed by atoms with van der Waals surface area (Å²) < 4.78 is 16.7. The number of anilines is 1. The van der Waals surface area contributed by atoms with E-state index in [-0.39, 0.29) is 18.3 Å². The van der Waals surface area contributed by atoms with E-state index >= 15 is 0 Å². The van der Waals surface area contributed by atoms with Gasteiger partial charge in [-0.15, -0.1) is 5.10 Å². The van der Waals surface area contributed by atoms with Crippen molar-refractivity contribution >= 4 is 28.2 Å². The Morgan fingerprint density at radius 1 is 1.10 bits per heavy atom. The molecule has 0 unspecified atom stereocenters. The van der Waals surface area contributed by atoms with E-state index in [2.05, 4.69) is 46.1 Å². The molecule has 0 atom stereocenters. The Hall–Kier alpha value is -3.76. The minimum atomic E-state index is -0.213. The lowest BCUT2D eigenvalue weighted by Crippen LogP contribution is -2.38. The highest BCUT2D eigenvalue weighted by Gasteiger charge is 2.24. The van der Waals surface area contributed by atoms with Crippen molar-refractivity contribution in [3.63, 3.8) is 0 Å². The molecule has 220 valence electrons. The number of carbonyl (C=O) groups is 2. The number of carbonyl (C=O) groups excluding carboxylic acids is 2. The van der Waals surface area contributed by atoms with Crippen LogP contribution in [0, 0.1) is 5.92 Å². The number of ether oxygens (including phenoxy) is 3. The van der Waals surface area contributed by atoms with Crippen LogP contribution in [0.4, 0.5) is 5.69 Å². The molecule has 1 N–H and O–H groups in total. The number of ketones is 1. The number of hydrogen-bond donors (Lipinski definition) is 1. The first-order chi connectivity index (χ1) is 19.9. The number of benzene rings is 2. The van der Waals surface area contributed by atoms with Crippen LogP contribution in [0.5, 0.6) is 17.4 Å². The summed E-state index contributed by atoms with van der Waals surface area (Å²) in [4.78, 5) is 28.9. The smallest absolute Gasteiger partial charge is 0.262 e. The number of piperidine rings is 1. The molecule has 0 bridgehead atoms. The number of likely N-dealkylation sites (tertiary alicyclic amines) is 1. The average Bonchev–Trinajstić information content (AvgIpc) is 3.01. The van der Waals surface area contributed by atoms with Gasteiger partial charge in [0.05, 0.1) is 37.5 Å². The summed E-state index contributed by atoms with van der Waals surface area (Å²) in [6.45, 7) is 12.7. The number of nitrogens with zero attached hydrogens (tertiary/aromatic N) is 4. The van der Waals surface area contributed by atoms with Gasteiger partial charge in [0.15, 0.2) is 12.4 Å². The van der Waals surface area contributed by atoms with E-state index in [4.69, 9.17) is 14.2 Å². The lowest BCUT2D eigenvalue weighted by molar-refractivity contribution is -0.118. The Kier molecular flexibility index (Phi) is 10.9. The van der Waals surface area contributed by atoms with Crippen molar-refractivity contribution in [3.05, 3.63) is 48.2 Å². The van der Waals surface area contributed by atoms with Gasteiger partial charge in [-0.2, -0.15) is 5.10 Å². The molecule has 41 heavy (non-hydrogen) atoms. The van der Waals surface area contributed by atoms with Crippen molar-refractivity contribution in [1.29, 1.82) is 0 Å². The predicted molar refractivity (Wildman–Crippen MR) is 159 cm³/mol. The van der Waals surface area contributed by atoms with Crippen LogP contribution in [0.2, 0.25) is 0 Å². The van der Waals surface area contributed by atoms with Gasteiger partial charge in [-0.05, 0) is 87.9 Å². The van der Waals surface area contributed by atoms with Crippen molar-refractivity contribution in [2.45, 2.75) is 33.6 Å². The number of rotatable bonds is 10. The first kappa shape index (κ1) is 30.2. The lowest BCUT2D eigenvalue weighted by atomic mass is 9.97. The fraction of sp³-hybridized carbons (Fsp3) is 0.484. The molecule has 1 amide bonds. The summed E-state index contributed by atoms with van der Waals surface area (Å²) in [5, 5.41) is 12.8. The maximum Gasteiger partial charge on any atom is 0.262 e. The molecule has 0 spiro atoms. The molecule has 1 aromatic heterocycles. The first-order valence-electron chi connectivity index (χ1n) is 14.4. The summed E-state index contributed by atoms with van der Waals surface area (Å²) in [6.07, 6.45) is 3.58. The van der Waals surface area contributed by atoms with Crippen LogP contribution >= 0.6 is 0 Å². The molecule has 10 heteroatoms. The summed E-state index contributed by atoms with van der Waals surface area (Å²) in [6, 6.07) is 10.9. The van der Waals surface area contributed by atoms with Crippen molar-refractivity contribution in [2.24, 2.45) is 5.92 Å². The van der Waals surface area contributed by atoms with E-state index < -0.39 is 0 Å². The molecule has 3 aromatic rings. The van der Waals surface area contributed by atoms with E-state index in [1.54, 1.807) is 31.5 Å². The molecule has 1 saturated heterocycles. The molecule has 2 aromatic carbocycles. The fourth-order valence-electron chi connectivity index (χ4n) is 4.99. The number of amides is 1. The summed E-state index contributed by atoms with van der Waals surface area (Å²) in [5.41, 5.74) is 1.12. The zero-order valence-corrected chi connectivity index (χ0v) is 24.5. The van der Waals surface area contributed by atoms with Crippen molar-refractivity contribution in [3.8, 4) is 17.4 Å². The standard InChI is InChI=1S/C25H26N4O5.C6H15N/c1-32-19-4-2-18-12-26-28-25(20(18)11-19)34-14-16-6-8-29(9-7-16)13-22(30)17-3-5-23-21(10-17)27-24(31)15-33-23;1-4-7(5-2)6-3/h2-5,10-12,16H,6-9,13-15H2,1H3,(H,27,31);4-6H2,1-3H3. The predicted octanol–water partition coefficient (Wildman–Crippen LogP) is 4.29. The van der Waals surface area contributed by atoms with Crippen LogP contribution in [-0.2, 0) is 4.79 Å². The number of hydrogen-bond acceptors (Lipinski definition) is 9. The first-order valence-corrected chi connectivity index (χ1v) is 14.4. The van der Waals surface area contributed by atoms with Gasteiger partial charge < -0.3 is 24.4 Å². The Morgan fingerprint density at radius 2 is 1.85 bits per heavy atom. The molecule has 0 radical (unpaired) electrons. The van der Waals surface area contributed by atoms with Gasteiger partial charge in [-0.3, -0.25) is 14.5 Å². The minimum absolute atomic E-state index is 0.000214. The highest BCUT2D eigenvalue weighted by atomic mass is 16.5. The van der Waals surface area contributed by atoms with Crippen LogP contribution in [-0.4, -0.2) is 91.3 Å². The normalized spacial score (nSPS) is 15.4. The van der Waals surface area contributed by atoms with Crippen LogP contribution in [0.25, 0.3) is 10.8 Å². The third-order valence-electron chi connectivity index (χ3n) is 7.64. The molecule has 1 fully saturated rings. The minimum Gasteiger partial charge on any atom is -0.497 e. The second kappa shape index (κ2) is 14.7. The summed E-state index contributed by atoms with van der Waals surface area (Å²) >= 11 is 0. The van der Waals surface area contributed by atoms with Crippen LogP contribution in [0.3, 0.4) is 0 Å². The van der Waals surface area contributed by atoms with E-state index in [0.717, 1.165) is 42.5 Å². The molecule has 0 aliphatic carbocycles. The Morgan fingerprint density at radius 3 is 2.54 bits per heavy atom. The maximum absolute atomic E-state index is 12.8. The zero-order chi connectivity index (χ0) is 29.2.